The van der Waals surface area contributed by atoms with Gasteiger partial charge in [0.15, 0.2) is 0 Å². The van der Waals surface area contributed by atoms with Crippen LogP contribution in [0.2, 0.25) is 0 Å². The Hall–Kier alpha value is -1.16. The van der Waals surface area contributed by atoms with Crippen LogP contribution in [0.1, 0.15) is 30.3 Å². The van der Waals surface area contributed by atoms with E-state index in [1.165, 1.54) is 18.5 Å². The van der Waals surface area contributed by atoms with Gasteiger partial charge in [-0.05, 0) is 19.8 Å². The molecule has 1 aliphatic rings. The van der Waals surface area contributed by atoms with Crippen molar-refractivity contribution in [2.24, 2.45) is 5.73 Å². The van der Waals surface area contributed by atoms with Crippen molar-refractivity contribution in [1.29, 1.82) is 0 Å². The van der Waals surface area contributed by atoms with E-state index in [2.05, 4.69) is 15.3 Å². The summed E-state index contributed by atoms with van der Waals surface area (Å²) in [5.41, 5.74) is 6.60. The monoisotopic (exact) mass is 192 g/mol. The summed E-state index contributed by atoms with van der Waals surface area (Å²) in [7, 11) is 0. The topological polar surface area (TPSA) is 63.8 Å². The SMILES string of the molecule is Cc1nc(NCCN)cc(C2CC2)n1. The first-order valence-corrected chi connectivity index (χ1v) is 5.09. The number of rotatable bonds is 4. The lowest BCUT2D eigenvalue weighted by Crippen LogP contribution is -2.14. The van der Waals surface area contributed by atoms with Gasteiger partial charge >= 0.3 is 0 Å². The van der Waals surface area contributed by atoms with Crippen molar-refractivity contribution in [2.45, 2.75) is 25.7 Å². The normalized spacial score (nSPS) is 15.6. The zero-order valence-electron chi connectivity index (χ0n) is 8.45. The maximum Gasteiger partial charge on any atom is 0.129 e. The summed E-state index contributed by atoms with van der Waals surface area (Å²) in [4.78, 5) is 8.73. The van der Waals surface area contributed by atoms with Gasteiger partial charge in [0.25, 0.3) is 0 Å². The number of nitrogens with zero attached hydrogens (tertiary/aromatic N) is 2. The summed E-state index contributed by atoms with van der Waals surface area (Å²) in [6, 6.07) is 2.04. The van der Waals surface area contributed by atoms with E-state index in [0.717, 1.165) is 18.2 Å². The van der Waals surface area contributed by atoms with E-state index in [0.29, 0.717) is 12.5 Å². The minimum absolute atomic E-state index is 0.627. The molecule has 0 saturated heterocycles. The summed E-state index contributed by atoms with van der Waals surface area (Å²) in [5, 5.41) is 3.18. The average molecular weight is 192 g/mol. The van der Waals surface area contributed by atoms with Crippen LogP contribution >= 0.6 is 0 Å². The van der Waals surface area contributed by atoms with Gasteiger partial charge in [0.2, 0.25) is 0 Å². The van der Waals surface area contributed by atoms with Gasteiger partial charge in [-0.1, -0.05) is 0 Å². The molecule has 0 unspecified atom stereocenters. The van der Waals surface area contributed by atoms with Gasteiger partial charge in [-0.25, -0.2) is 9.97 Å². The molecule has 0 amide bonds. The van der Waals surface area contributed by atoms with Gasteiger partial charge in [0.1, 0.15) is 11.6 Å². The van der Waals surface area contributed by atoms with Crippen molar-refractivity contribution in [3.63, 3.8) is 0 Å². The number of nitrogens with one attached hydrogen (secondary N) is 1. The fourth-order valence-electron chi connectivity index (χ4n) is 1.47. The van der Waals surface area contributed by atoms with Crippen LogP contribution < -0.4 is 11.1 Å². The number of nitrogens with two attached hydrogens (primary N) is 1. The second kappa shape index (κ2) is 3.92. The molecule has 3 N–H and O–H groups in total. The van der Waals surface area contributed by atoms with Crippen LogP contribution in [-0.4, -0.2) is 23.1 Å². The van der Waals surface area contributed by atoms with Gasteiger partial charge < -0.3 is 11.1 Å². The van der Waals surface area contributed by atoms with Crippen molar-refractivity contribution in [3.8, 4) is 0 Å². The van der Waals surface area contributed by atoms with Crippen LogP contribution in [0.5, 0.6) is 0 Å². The maximum atomic E-state index is 5.42. The Kier molecular flexibility index (Phi) is 2.63. The average Bonchev–Trinajstić information content (AvgIpc) is 2.97. The van der Waals surface area contributed by atoms with E-state index in [9.17, 15) is 0 Å². The lowest BCUT2D eigenvalue weighted by atomic mass is 10.2. The molecule has 4 heteroatoms. The fourth-order valence-corrected chi connectivity index (χ4v) is 1.47. The third-order valence-corrected chi connectivity index (χ3v) is 2.30. The third kappa shape index (κ3) is 2.20. The molecule has 4 nitrogen and oxygen atoms in total. The molecule has 1 aromatic heterocycles. The number of anilines is 1. The van der Waals surface area contributed by atoms with Crippen LogP contribution in [-0.2, 0) is 0 Å². The van der Waals surface area contributed by atoms with E-state index in [-0.39, 0.29) is 0 Å². The van der Waals surface area contributed by atoms with Gasteiger partial charge in [-0.3, -0.25) is 0 Å². The molecule has 1 aromatic rings. The van der Waals surface area contributed by atoms with Crippen LogP contribution in [0.25, 0.3) is 0 Å². The second-order valence-corrected chi connectivity index (χ2v) is 3.71. The number of aromatic nitrogens is 2. The van der Waals surface area contributed by atoms with Gasteiger partial charge in [0.05, 0.1) is 0 Å². The molecule has 76 valence electrons. The Morgan fingerprint density at radius 1 is 1.50 bits per heavy atom. The highest BCUT2D eigenvalue weighted by Gasteiger charge is 2.25. The lowest BCUT2D eigenvalue weighted by Gasteiger charge is -2.06. The first-order valence-electron chi connectivity index (χ1n) is 5.09. The van der Waals surface area contributed by atoms with Gasteiger partial charge in [-0.15, -0.1) is 0 Å². The summed E-state index contributed by atoms with van der Waals surface area (Å²) >= 11 is 0. The molecule has 0 radical (unpaired) electrons. The molecule has 1 saturated carbocycles. The van der Waals surface area contributed by atoms with Crippen LogP contribution in [0, 0.1) is 6.92 Å². The van der Waals surface area contributed by atoms with Crippen molar-refractivity contribution < 1.29 is 0 Å². The highest BCUT2D eigenvalue weighted by Crippen LogP contribution is 2.39. The van der Waals surface area contributed by atoms with Crippen molar-refractivity contribution in [1.82, 2.24) is 9.97 Å². The Morgan fingerprint density at radius 2 is 2.29 bits per heavy atom. The molecule has 1 heterocycles. The molecule has 1 fully saturated rings. The number of aryl methyl sites for hydroxylation is 1. The zero-order chi connectivity index (χ0) is 9.97. The zero-order valence-corrected chi connectivity index (χ0v) is 8.45. The van der Waals surface area contributed by atoms with E-state index in [1.54, 1.807) is 0 Å². The van der Waals surface area contributed by atoms with E-state index in [1.807, 2.05) is 13.0 Å². The highest BCUT2D eigenvalue weighted by atomic mass is 15.0. The molecule has 2 rings (SSSR count). The molecule has 0 bridgehead atoms. The first kappa shape index (κ1) is 9.40. The smallest absolute Gasteiger partial charge is 0.129 e. The van der Waals surface area contributed by atoms with Crippen molar-refractivity contribution >= 4 is 5.82 Å². The first-order chi connectivity index (χ1) is 6.79. The summed E-state index contributed by atoms with van der Waals surface area (Å²) in [5.74, 6) is 2.42. The Labute approximate surface area is 83.9 Å². The second-order valence-electron chi connectivity index (χ2n) is 3.71. The standard InChI is InChI=1S/C10H16N4/c1-7-13-9(8-2-3-8)6-10(14-7)12-5-4-11/h6,8H,2-5,11H2,1H3,(H,12,13,14). The predicted molar refractivity (Wildman–Crippen MR) is 56.3 cm³/mol. The molecule has 1 aliphatic carbocycles. The Balaban J connectivity index is 2.13. The molecule has 0 spiro atoms. The van der Waals surface area contributed by atoms with Crippen LogP contribution in [0.15, 0.2) is 6.07 Å². The van der Waals surface area contributed by atoms with Crippen molar-refractivity contribution in [3.05, 3.63) is 17.6 Å². The molecular weight excluding hydrogens is 176 g/mol. The van der Waals surface area contributed by atoms with E-state index >= 15 is 0 Å². The van der Waals surface area contributed by atoms with Gasteiger partial charge in [-0.2, -0.15) is 0 Å². The lowest BCUT2D eigenvalue weighted by molar-refractivity contribution is 0.927. The largest absolute Gasteiger partial charge is 0.369 e. The fraction of sp³-hybridized carbons (Fsp3) is 0.600. The molecular formula is C10H16N4. The Bertz CT molecular complexity index is 320. The van der Waals surface area contributed by atoms with Crippen LogP contribution in [0.4, 0.5) is 5.82 Å². The summed E-state index contributed by atoms with van der Waals surface area (Å²) in [6.45, 7) is 3.32. The molecule has 0 aromatic carbocycles. The molecule has 0 atom stereocenters. The number of hydrogen-bond acceptors (Lipinski definition) is 4. The number of hydrogen-bond donors (Lipinski definition) is 2. The maximum absolute atomic E-state index is 5.42. The predicted octanol–water partition coefficient (Wildman–Crippen LogP) is 1.03. The summed E-state index contributed by atoms with van der Waals surface area (Å²) < 4.78 is 0. The Morgan fingerprint density at radius 3 is 2.93 bits per heavy atom. The van der Waals surface area contributed by atoms with Gasteiger partial charge in [0, 0.05) is 30.8 Å². The minimum atomic E-state index is 0.627. The van der Waals surface area contributed by atoms with E-state index < -0.39 is 0 Å². The molecule has 0 aliphatic heterocycles. The highest BCUT2D eigenvalue weighted by molar-refractivity contribution is 5.37. The summed E-state index contributed by atoms with van der Waals surface area (Å²) in [6.07, 6.45) is 2.54. The van der Waals surface area contributed by atoms with E-state index in [4.69, 9.17) is 5.73 Å². The van der Waals surface area contributed by atoms with Crippen molar-refractivity contribution in [2.75, 3.05) is 18.4 Å². The third-order valence-electron chi connectivity index (χ3n) is 2.30. The minimum Gasteiger partial charge on any atom is -0.369 e. The quantitative estimate of drug-likeness (QED) is 0.748. The van der Waals surface area contributed by atoms with Crippen LogP contribution in [0.3, 0.4) is 0 Å². The molecule has 14 heavy (non-hydrogen) atoms.